The molecule has 81 valence electrons. The molecule has 0 atom stereocenters. The average Bonchev–Trinajstić information content (AvgIpc) is 2.69. The van der Waals surface area contributed by atoms with Crippen molar-refractivity contribution in [1.82, 2.24) is 0 Å². The van der Waals surface area contributed by atoms with E-state index in [9.17, 15) is 13.2 Å². The first-order valence-corrected chi connectivity index (χ1v) is 4.91. The molecular weight excluding hydrogens is 203 g/mol. The second-order valence-corrected chi connectivity index (χ2v) is 3.65. The SMILES string of the molecule is FC(F)(F)c1[c]ccc(N2CCCC2)c1. The summed E-state index contributed by atoms with van der Waals surface area (Å²) in [5.41, 5.74) is -0.0366. The van der Waals surface area contributed by atoms with E-state index in [1.54, 1.807) is 6.07 Å². The molecule has 0 spiro atoms. The van der Waals surface area contributed by atoms with Crippen LogP contribution in [0.3, 0.4) is 0 Å². The van der Waals surface area contributed by atoms with Crippen molar-refractivity contribution >= 4 is 5.69 Å². The maximum atomic E-state index is 12.4. The standard InChI is InChI=1S/C11H11F3N/c12-11(13,14)9-4-3-5-10(8-9)15-6-1-2-7-15/h3,5,8H,1-2,6-7H2. The Labute approximate surface area is 86.5 Å². The zero-order valence-electron chi connectivity index (χ0n) is 8.14. The number of hydrogen-bond donors (Lipinski definition) is 0. The van der Waals surface area contributed by atoms with Gasteiger partial charge in [-0.2, -0.15) is 13.2 Å². The molecule has 4 heteroatoms. The van der Waals surface area contributed by atoms with E-state index >= 15 is 0 Å². The Kier molecular flexibility index (Phi) is 2.59. The Morgan fingerprint density at radius 2 is 1.87 bits per heavy atom. The summed E-state index contributed by atoms with van der Waals surface area (Å²) in [4.78, 5) is 1.98. The molecule has 0 amide bonds. The number of halogens is 3. The zero-order chi connectivity index (χ0) is 10.9. The van der Waals surface area contributed by atoms with E-state index in [-0.39, 0.29) is 0 Å². The number of alkyl halides is 3. The van der Waals surface area contributed by atoms with E-state index in [1.807, 2.05) is 4.90 Å². The third-order valence-corrected chi connectivity index (χ3v) is 2.56. The molecule has 0 unspecified atom stereocenters. The van der Waals surface area contributed by atoms with Gasteiger partial charge in [0.25, 0.3) is 0 Å². The Morgan fingerprint density at radius 3 is 2.47 bits per heavy atom. The molecule has 1 aliphatic heterocycles. The second kappa shape index (κ2) is 3.76. The van der Waals surface area contributed by atoms with Crippen LogP contribution in [-0.2, 0) is 6.18 Å². The van der Waals surface area contributed by atoms with E-state index in [0.717, 1.165) is 25.9 Å². The van der Waals surface area contributed by atoms with Crippen LogP contribution < -0.4 is 4.90 Å². The Balaban J connectivity index is 2.26. The van der Waals surface area contributed by atoms with Crippen molar-refractivity contribution in [3.8, 4) is 0 Å². The fourth-order valence-electron chi connectivity index (χ4n) is 1.79. The molecule has 1 aliphatic rings. The molecule has 15 heavy (non-hydrogen) atoms. The highest BCUT2D eigenvalue weighted by Gasteiger charge is 2.31. The first-order valence-electron chi connectivity index (χ1n) is 4.91. The fourth-order valence-corrected chi connectivity index (χ4v) is 1.79. The van der Waals surface area contributed by atoms with Gasteiger partial charge in [0.1, 0.15) is 0 Å². The summed E-state index contributed by atoms with van der Waals surface area (Å²) in [5.74, 6) is 0. The largest absolute Gasteiger partial charge is 0.417 e. The van der Waals surface area contributed by atoms with Crippen molar-refractivity contribution in [2.24, 2.45) is 0 Å². The minimum Gasteiger partial charge on any atom is -0.372 e. The molecule has 1 aromatic carbocycles. The lowest BCUT2D eigenvalue weighted by Gasteiger charge is -2.18. The van der Waals surface area contributed by atoms with Gasteiger partial charge in [0.2, 0.25) is 0 Å². The van der Waals surface area contributed by atoms with Gasteiger partial charge in [-0.15, -0.1) is 0 Å². The summed E-state index contributed by atoms with van der Waals surface area (Å²) < 4.78 is 37.2. The van der Waals surface area contributed by atoms with Gasteiger partial charge in [-0.25, -0.2) is 0 Å². The van der Waals surface area contributed by atoms with Crippen LogP contribution in [0.25, 0.3) is 0 Å². The summed E-state index contributed by atoms with van der Waals surface area (Å²) in [6.07, 6.45) is -2.18. The Bertz CT molecular complexity index is 340. The summed E-state index contributed by atoms with van der Waals surface area (Å²) in [7, 11) is 0. The van der Waals surface area contributed by atoms with Crippen molar-refractivity contribution in [2.75, 3.05) is 18.0 Å². The van der Waals surface area contributed by atoms with E-state index in [1.165, 1.54) is 12.1 Å². The van der Waals surface area contributed by atoms with Crippen LogP contribution in [0.4, 0.5) is 18.9 Å². The van der Waals surface area contributed by atoms with Gasteiger partial charge in [0, 0.05) is 18.8 Å². The minimum atomic E-state index is -4.30. The van der Waals surface area contributed by atoms with Crippen LogP contribution in [0.5, 0.6) is 0 Å². The van der Waals surface area contributed by atoms with Gasteiger partial charge in [0.15, 0.2) is 0 Å². The van der Waals surface area contributed by atoms with Gasteiger partial charge < -0.3 is 4.90 Å². The summed E-state index contributed by atoms with van der Waals surface area (Å²) in [6, 6.07) is 6.42. The van der Waals surface area contributed by atoms with Crippen molar-refractivity contribution in [3.05, 3.63) is 29.8 Å². The van der Waals surface area contributed by atoms with Crippen LogP contribution in [0.1, 0.15) is 18.4 Å². The highest BCUT2D eigenvalue weighted by Crippen LogP contribution is 2.31. The minimum absolute atomic E-state index is 0.651. The maximum absolute atomic E-state index is 12.4. The van der Waals surface area contributed by atoms with Gasteiger partial charge in [0.05, 0.1) is 5.56 Å². The van der Waals surface area contributed by atoms with Crippen LogP contribution in [-0.4, -0.2) is 13.1 Å². The van der Waals surface area contributed by atoms with Crippen molar-refractivity contribution in [3.63, 3.8) is 0 Å². The first kappa shape index (κ1) is 10.3. The molecule has 1 saturated heterocycles. The molecule has 1 nitrogen and oxygen atoms in total. The molecule has 0 saturated carbocycles. The average molecular weight is 214 g/mol. The monoisotopic (exact) mass is 214 g/mol. The highest BCUT2D eigenvalue weighted by atomic mass is 19.4. The molecular formula is C11H11F3N. The van der Waals surface area contributed by atoms with Crippen LogP contribution in [0, 0.1) is 6.07 Å². The first-order chi connectivity index (χ1) is 7.07. The molecule has 0 bridgehead atoms. The lowest BCUT2D eigenvalue weighted by atomic mass is 10.2. The summed E-state index contributed by atoms with van der Waals surface area (Å²) in [6.45, 7) is 1.70. The van der Waals surface area contributed by atoms with E-state index in [0.29, 0.717) is 5.69 Å². The third kappa shape index (κ3) is 2.25. The van der Waals surface area contributed by atoms with E-state index < -0.39 is 11.7 Å². The smallest absolute Gasteiger partial charge is 0.372 e. The lowest BCUT2D eigenvalue weighted by molar-refractivity contribution is -0.137. The lowest BCUT2D eigenvalue weighted by Crippen LogP contribution is -2.18. The normalized spacial score (nSPS) is 17.1. The predicted octanol–water partition coefficient (Wildman–Crippen LogP) is 3.11. The molecule has 1 heterocycles. The number of hydrogen-bond acceptors (Lipinski definition) is 1. The number of anilines is 1. The van der Waals surface area contributed by atoms with Gasteiger partial charge in [-0.3, -0.25) is 0 Å². The summed E-state index contributed by atoms with van der Waals surface area (Å²) in [5, 5.41) is 0. The highest BCUT2D eigenvalue weighted by molar-refractivity contribution is 5.49. The van der Waals surface area contributed by atoms with Gasteiger partial charge in [-0.05, 0) is 31.0 Å². The van der Waals surface area contributed by atoms with Crippen molar-refractivity contribution in [1.29, 1.82) is 0 Å². The van der Waals surface area contributed by atoms with Gasteiger partial charge in [-0.1, -0.05) is 6.07 Å². The van der Waals surface area contributed by atoms with Crippen molar-refractivity contribution < 1.29 is 13.2 Å². The number of benzene rings is 1. The maximum Gasteiger partial charge on any atom is 0.417 e. The van der Waals surface area contributed by atoms with Crippen molar-refractivity contribution in [2.45, 2.75) is 19.0 Å². The number of rotatable bonds is 1. The van der Waals surface area contributed by atoms with Crippen LogP contribution in [0.15, 0.2) is 18.2 Å². The van der Waals surface area contributed by atoms with E-state index in [4.69, 9.17) is 0 Å². The summed E-state index contributed by atoms with van der Waals surface area (Å²) >= 11 is 0. The fraction of sp³-hybridized carbons (Fsp3) is 0.455. The predicted molar refractivity (Wildman–Crippen MR) is 51.7 cm³/mol. The topological polar surface area (TPSA) is 3.24 Å². The number of nitrogens with zero attached hydrogens (tertiary/aromatic N) is 1. The molecule has 0 aromatic heterocycles. The molecule has 0 aliphatic carbocycles. The molecule has 1 aromatic rings. The third-order valence-electron chi connectivity index (χ3n) is 2.56. The van der Waals surface area contributed by atoms with Crippen LogP contribution in [0.2, 0.25) is 0 Å². The Hall–Kier alpha value is -1.19. The molecule has 2 rings (SSSR count). The molecule has 1 radical (unpaired) electrons. The molecule has 0 N–H and O–H groups in total. The quantitative estimate of drug-likeness (QED) is 0.694. The molecule has 1 fully saturated rings. The van der Waals surface area contributed by atoms with Gasteiger partial charge >= 0.3 is 6.18 Å². The Morgan fingerprint density at radius 1 is 1.20 bits per heavy atom. The second-order valence-electron chi connectivity index (χ2n) is 3.65. The van der Waals surface area contributed by atoms with E-state index in [2.05, 4.69) is 6.07 Å². The zero-order valence-corrected chi connectivity index (χ0v) is 8.14. The van der Waals surface area contributed by atoms with Crippen LogP contribution >= 0.6 is 0 Å².